The molecule has 12 aromatic rings. The molecule has 21 nitrogen and oxygen atoms in total. The first kappa shape index (κ1) is 93.7. The van der Waals surface area contributed by atoms with Gasteiger partial charge >= 0.3 is 0 Å². The molecule has 4 heterocycles. The zero-order chi connectivity index (χ0) is 90.2. The number of pyridine rings is 4. The summed E-state index contributed by atoms with van der Waals surface area (Å²) in [6.07, 6.45) is 9.43. The van der Waals surface area contributed by atoms with Crippen molar-refractivity contribution in [3.63, 3.8) is 0 Å². The molecule has 0 aliphatic carbocycles. The van der Waals surface area contributed by atoms with Gasteiger partial charge in [0.1, 0.15) is 57.2 Å². The van der Waals surface area contributed by atoms with Crippen LogP contribution in [0.4, 0.5) is 50.5 Å². The number of rotatable bonds is 28. The number of anilines is 5. The molecule has 4 aromatic heterocycles. The van der Waals surface area contributed by atoms with Gasteiger partial charge in [0.25, 0.3) is 0 Å². The number of phenols is 4. The molecule has 124 heavy (non-hydrogen) atoms. The summed E-state index contributed by atoms with van der Waals surface area (Å²) in [5.74, 6) is -4.93. The standard InChI is InChI=1S/C25H25FN2O3.C24H22ClFN2O3.C24H22F2N2O3.C24H24FN3O3/c1-4-25(31)28(3)22-11-9-18(13-21(22)26)19-8-10-20(24(30)14-19)23(29)12-7-17-6-5-16(2)27-15-17;1-3-23(31)28(2)20-10-7-16(13-19(20)26)17-6-9-18(22(30)14-17)21(29)11-8-15-5-4-12-27-24(15)25;2*1-3-23(31)28(2)20-10-7-16(13-19(20)25)17-6-9-18(22(30)14-17)21(29)11-8-15-5-4-12-27-24(15)26/h5-6,8-11,13-15,30H,4,7,12H2,1-3H3;2*4-7,9-10,12-14,30H,3,8,11H2,1-2H3;4-7,9-10,12-14,30H,3,8,11H2,1-2H3,(H2,26,27). The topological polar surface area (TPSA) is 308 Å². The molecule has 0 aliphatic rings. The third kappa shape index (κ3) is 24.4. The minimum atomic E-state index is -0.619. The summed E-state index contributed by atoms with van der Waals surface area (Å²) in [6.45, 7) is 8.74. The second-order valence-electron chi connectivity index (χ2n) is 28.8. The number of phenolic OH excluding ortho intramolecular Hbond substituents is 4. The Morgan fingerprint density at radius 2 is 0.629 bits per heavy atom. The van der Waals surface area contributed by atoms with Gasteiger partial charge < -0.3 is 45.8 Å². The highest BCUT2D eigenvalue weighted by Gasteiger charge is 2.24. The molecule has 12 rings (SSSR count). The first-order valence-corrected chi connectivity index (χ1v) is 40.1. The van der Waals surface area contributed by atoms with Gasteiger partial charge in [0, 0.05) is 116 Å². The Morgan fingerprint density at radius 3 is 0.919 bits per heavy atom. The lowest BCUT2D eigenvalue weighted by molar-refractivity contribution is -0.118. The molecule has 0 saturated carbocycles. The van der Waals surface area contributed by atoms with E-state index in [1.54, 1.807) is 131 Å². The Labute approximate surface area is 720 Å². The molecule has 6 N–H and O–H groups in total. The minimum absolute atomic E-state index is 0.0106. The molecule has 640 valence electrons. The maximum Gasteiger partial charge on any atom is 0.226 e. The molecule has 0 spiro atoms. The van der Waals surface area contributed by atoms with E-state index in [1.807, 2.05) is 25.1 Å². The van der Waals surface area contributed by atoms with Crippen molar-refractivity contribution >= 4 is 86.9 Å². The van der Waals surface area contributed by atoms with Gasteiger partial charge in [0.05, 0.1) is 45.0 Å². The van der Waals surface area contributed by atoms with Crippen LogP contribution in [0.5, 0.6) is 23.0 Å². The van der Waals surface area contributed by atoms with Crippen LogP contribution in [-0.4, -0.2) is 115 Å². The van der Waals surface area contributed by atoms with Crippen LogP contribution >= 0.6 is 11.6 Å². The van der Waals surface area contributed by atoms with E-state index >= 15 is 0 Å². The van der Waals surface area contributed by atoms with Crippen molar-refractivity contribution in [1.82, 2.24) is 19.9 Å². The summed E-state index contributed by atoms with van der Waals surface area (Å²) in [6, 6.07) is 50.3. The molecule has 27 heteroatoms. The number of carbonyl (C=O) groups excluding carboxylic acids is 8. The van der Waals surface area contributed by atoms with E-state index in [0.717, 1.165) is 22.4 Å². The molecule has 0 fully saturated rings. The number of ketones is 4. The molecule has 0 unspecified atom stereocenters. The van der Waals surface area contributed by atoms with Crippen molar-refractivity contribution in [1.29, 1.82) is 0 Å². The fraction of sp³-hybridized carbons (Fsp3) is 0.216. The van der Waals surface area contributed by atoms with Crippen LogP contribution in [0.25, 0.3) is 44.5 Å². The van der Waals surface area contributed by atoms with E-state index in [9.17, 15) is 80.7 Å². The smallest absolute Gasteiger partial charge is 0.226 e. The average Bonchev–Trinajstić information content (AvgIpc) is 0.818. The van der Waals surface area contributed by atoms with Gasteiger partial charge in [-0.15, -0.1) is 0 Å². The number of Topliss-reactive ketones (excluding diaryl/α,β-unsaturated/α-hetero) is 4. The van der Waals surface area contributed by atoms with Crippen LogP contribution in [0.1, 0.15) is 148 Å². The zero-order valence-electron chi connectivity index (χ0n) is 69.7. The van der Waals surface area contributed by atoms with Crippen molar-refractivity contribution in [2.75, 3.05) is 53.5 Å². The molecule has 0 bridgehead atoms. The second-order valence-corrected chi connectivity index (χ2v) is 29.1. The Hall–Kier alpha value is -14.1. The van der Waals surface area contributed by atoms with Gasteiger partial charge in [-0.2, -0.15) is 4.39 Å². The molecule has 0 saturated heterocycles. The van der Waals surface area contributed by atoms with Crippen LogP contribution in [-0.2, 0) is 44.9 Å². The number of benzene rings is 8. The van der Waals surface area contributed by atoms with E-state index in [-0.39, 0.29) is 173 Å². The molecule has 8 aromatic carbocycles. The van der Waals surface area contributed by atoms with E-state index < -0.39 is 29.2 Å². The predicted molar refractivity (Wildman–Crippen MR) is 470 cm³/mol. The molecular formula is C97H93ClF5N9O12. The summed E-state index contributed by atoms with van der Waals surface area (Å²) in [4.78, 5) is 118. The molecule has 4 amide bonds. The van der Waals surface area contributed by atoms with Crippen LogP contribution in [0.3, 0.4) is 0 Å². The number of nitrogens with zero attached hydrogens (tertiary/aromatic N) is 8. The number of hydrogen-bond acceptors (Lipinski definition) is 17. The zero-order valence-corrected chi connectivity index (χ0v) is 70.5. The minimum Gasteiger partial charge on any atom is -0.507 e. The Kier molecular flexibility index (Phi) is 33.2. The number of hydrogen-bond donors (Lipinski definition) is 5. The third-order valence-corrected chi connectivity index (χ3v) is 20.9. The summed E-state index contributed by atoms with van der Waals surface area (Å²) < 4.78 is 71.8. The molecule has 0 aliphatic heterocycles. The first-order valence-electron chi connectivity index (χ1n) is 39.7. The van der Waals surface area contributed by atoms with Gasteiger partial charge in [-0.3, -0.25) is 43.3 Å². The van der Waals surface area contributed by atoms with E-state index in [1.165, 1.54) is 145 Å². The van der Waals surface area contributed by atoms with Gasteiger partial charge in [-0.05, 0) is 215 Å². The van der Waals surface area contributed by atoms with E-state index in [4.69, 9.17) is 17.3 Å². The van der Waals surface area contributed by atoms with Gasteiger partial charge in [0.2, 0.25) is 29.6 Å². The lowest BCUT2D eigenvalue weighted by Gasteiger charge is -2.18. The third-order valence-electron chi connectivity index (χ3n) is 20.5. The first-order chi connectivity index (χ1) is 59.2. The van der Waals surface area contributed by atoms with E-state index in [2.05, 4.69) is 19.9 Å². The molecular weight excluding hydrogens is 1610 g/mol. The van der Waals surface area contributed by atoms with Gasteiger partial charge in [-0.1, -0.05) is 112 Å². The maximum absolute atomic E-state index is 14.6. The highest BCUT2D eigenvalue weighted by atomic mass is 35.5. The van der Waals surface area contributed by atoms with Crippen LogP contribution in [0.15, 0.2) is 219 Å². The number of carbonyl (C=O) groups is 8. The highest BCUT2D eigenvalue weighted by molar-refractivity contribution is 6.30. The Bertz CT molecular complexity index is 5510. The largest absolute Gasteiger partial charge is 0.507 e. The quantitative estimate of drug-likeness (QED) is 0.0173. The average molecular weight is 1710 g/mol. The summed E-state index contributed by atoms with van der Waals surface area (Å²) >= 11 is 6.02. The van der Waals surface area contributed by atoms with Crippen LogP contribution < -0.4 is 25.3 Å². The monoisotopic (exact) mass is 1710 g/mol. The summed E-state index contributed by atoms with van der Waals surface area (Å²) in [7, 11) is 6.08. The Morgan fingerprint density at radius 1 is 0.347 bits per heavy atom. The van der Waals surface area contributed by atoms with Crippen LogP contribution in [0.2, 0.25) is 5.15 Å². The van der Waals surface area contributed by atoms with Crippen LogP contribution in [0, 0.1) is 36.1 Å². The van der Waals surface area contributed by atoms with E-state index in [0.29, 0.717) is 80.3 Å². The van der Waals surface area contributed by atoms with Gasteiger partial charge in [0.15, 0.2) is 23.1 Å². The number of nitrogen functional groups attached to an aromatic ring is 1. The summed E-state index contributed by atoms with van der Waals surface area (Å²) in [5.41, 5.74) is 15.2. The fourth-order valence-electron chi connectivity index (χ4n) is 13.2. The lowest BCUT2D eigenvalue weighted by atomic mass is 9.98. The SMILES string of the molecule is CCC(=O)N(C)c1ccc(-c2ccc(C(=O)CCc3ccc(C)nc3)c(O)c2)cc1F.CCC(=O)N(C)c1ccc(-c2ccc(C(=O)CCc3cccnc3Cl)c(O)c2)cc1F.CCC(=O)N(C)c1ccc(-c2ccc(C(=O)CCc3cccnc3F)c(O)c2)cc1F.CCC(=O)N(C)c1ccc(-c2ccc(C(=O)CCc3cccnc3N)c(O)c2)cc1F. The molecule has 0 atom stereocenters. The normalized spacial score (nSPS) is 10.7. The highest BCUT2D eigenvalue weighted by Crippen LogP contribution is 2.37. The maximum atomic E-state index is 14.6. The van der Waals surface area contributed by atoms with Crippen molar-refractivity contribution < 1.29 is 80.7 Å². The number of amides is 4. The lowest BCUT2D eigenvalue weighted by Crippen LogP contribution is -2.25. The number of aryl methyl sites for hydroxylation is 5. The van der Waals surface area contributed by atoms with Gasteiger partial charge in [-0.25, -0.2) is 32.5 Å². The number of aromatic nitrogens is 4. The summed E-state index contributed by atoms with van der Waals surface area (Å²) in [5, 5.41) is 41.9. The number of nitrogens with two attached hydrogens (primary N) is 1. The van der Waals surface area contributed by atoms with Crippen molar-refractivity contribution in [2.24, 2.45) is 0 Å². The fourth-order valence-corrected chi connectivity index (χ4v) is 13.4. The predicted octanol–water partition coefficient (Wildman–Crippen LogP) is 19.8. The number of halogens is 6. The van der Waals surface area contributed by atoms with Crippen molar-refractivity contribution in [3.8, 4) is 67.5 Å². The number of aromatic hydroxyl groups is 4. The Balaban J connectivity index is 0.000000187. The van der Waals surface area contributed by atoms with Crippen molar-refractivity contribution in [2.45, 2.75) is 112 Å². The second kappa shape index (κ2) is 43.9. The molecule has 0 radical (unpaired) electrons. The van der Waals surface area contributed by atoms with Crippen molar-refractivity contribution in [3.05, 3.63) is 303 Å².